The van der Waals surface area contributed by atoms with E-state index >= 15 is 0 Å². The molecule has 134 valence electrons. The molecule has 0 saturated carbocycles. The first-order chi connectivity index (χ1) is 12.6. The van der Waals surface area contributed by atoms with Crippen LogP contribution in [0.3, 0.4) is 0 Å². The fraction of sp³-hybridized carbons (Fsp3) is 0.278. The number of nitrogens with two attached hydrogens (primary N) is 1. The number of hydrogen-bond donors (Lipinski definition) is 1. The molecule has 0 radical (unpaired) electrons. The van der Waals surface area contributed by atoms with Gasteiger partial charge in [0, 0.05) is 18.9 Å². The number of halogens is 1. The van der Waals surface area contributed by atoms with Gasteiger partial charge >= 0.3 is 6.09 Å². The number of carbonyl (C=O) groups is 1. The summed E-state index contributed by atoms with van der Waals surface area (Å²) in [5.41, 5.74) is 7.65. The molecule has 1 aliphatic rings. The number of fused-ring (bicyclic) bond motifs is 1. The van der Waals surface area contributed by atoms with Gasteiger partial charge in [0.05, 0.1) is 6.04 Å². The Labute approximate surface area is 158 Å². The van der Waals surface area contributed by atoms with Crippen molar-refractivity contribution in [1.29, 1.82) is 0 Å². The Morgan fingerprint density at radius 1 is 1.35 bits per heavy atom. The maximum atomic E-state index is 12.6. The summed E-state index contributed by atoms with van der Waals surface area (Å²) in [4.78, 5) is 23.1. The third-order valence-corrected chi connectivity index (χ3v) is 5.11. The van der Waals surface area contributed by atoms with Crippen molar-refractivity contribution in [3.8, 4) is 0 Å². The summed E-state index contributed by atoms with van der Waals surface area (Å²) in [5.74, 6) is 1.16. The second-order valence-electron chi connectivity index (χ2n) is 6.18. The van der Waals surface area contributed by atoms with Gasteiger partial charge in [-0.15, -0.1) is 0 Å². The largest absolute Gasteiger partial charge is 0.445 e. The van der Waals surface area contributed by atoms with Crippen molar-refractivity contribution in [3.05, 3.63) is 58.7 Å². The van der Waals surface area contributed by atoms with Crippen LogP contribution in [0.25, 0.3) is 5.52 Å². The van der Waals surface area contributed by atoms with E-state index in [0.717, 1.165) is 24.2 Å². The fourth-order valence-corrected chi connectivity index (χ4v) is 3.91. The average molecular weight is 416 g/mol. The number of likely N-dealkylation sites (tertiary alicyclic amines) is 1. The maximum absolute atomic E-state index is 12.6. The van der Waals surface area contributed by atoms with Crippen LogP contribution in [0.15, 0.2) is 47.3 Å². The summed E-state index contributed by atoms with van der Waals surface area (Å²) in [6, 6.07) is 9.50. The first kappa shape index (κ1) is 16.8. The van der Waals surface area contributed by atoms with Crippen LogP contribution in [-0.4, -0.2) is 31.9 Å². The van der Waals surface area contributed by atoms with E-state index < -0.39 is 0 Å². The standard InChI is InChI=1S/C18H18BrN5O2/c19-15-14-16(20)21-8-10-24(14)17(22-15)13-7-4-9-23(13)18(25)26-11-12-5-2-1-3-6-12/h1-3,5-6,8,10,13H,4,7,9,11H2,(H2,20,21)/t13-/m1/s1. The lowest BCUT2D eigenvalue weighted by Crippen LogP contribution is -2.32. The molecule has 2 aromatic heterocycles. The van der Waals surface area contributed by atoms with Gasteiger partial charge in [0.15, 0.2) is 5.82 Å². The highest BCUT2D eigenvalue weighted by molar-refractivity contribution is 9.10. The van der Waals surface area contributed by atoms with Crippen LogP contribution >= 0.6 is 15.9 Å². The Kier molecular flexibility index (Phi) is 4.50. The van der Waals surface area contributed by atoms with Gasteiger partial charge in [0.25, 0.3) is 0 Å². The molecule has 1 saturated heterocycles. The predicted molar refractivity (Wildman–Crippen MR) is 100 cm³/mol. The van der Waals surface area contributed by atoms with Gasteiger partial charge in [-0.1, -0.05) is 30.3 Å². The van der Waals surface area contributed by atoms with Gasteiger partial charge in [0.1, 0.15) is 22.6 Å². The van der Waals surface area contributed by atoms with E-state index in [1.165, 1.54) is 0 Å². The molecule has 3 heterocycles. The molecule has 0 aliphatic carbocycles. The highest BCUT2D eigenvalue weighted by Crippen LogP contribution is 2.35. The number of imidazole rings is 1. The van der Waals surface area contributed by atoms with Gasteiger partial charge < -0.3 is 10.5 Å². The van der Waals surface area contributed by atoms with Crippen LogP contribution in [0.5, 0.6) is 0 Å². The highest BCUT2D eigenvalue weighted by atomic mass is 79.9. The summed E-state index contributed by atoms with van der Waals surface area (Å²) < 4.78 is 8.02. The number of ether oxygens (including phenoxy) is 1. The number of aromatic nitrogens is 3. The van der Waals surface area contributed by atoms with Crippen molar-refractivity contribution in [3.63, 3.8) is 0 Å². The van der Waals surface area contributed by atoms with Crippen molar-refractivity contribution in [2.75, 3.05) is 12.3 Å². The predicted octanol–water partition coefficient (Wildman–Crippen LogP) is 3.55. The molecular formula is C18H18BrN5O2. The van der Waals surface area contributed by atoms with Crippen LogP contribution in [0.1, 0.15) is 30.3 Å². The lowest BCUT2D eigenvalue weighted by atomic mass is 10.2. The minimum absolute atomic E-state index is 0.154. The Bertz CT molecular complexity index is 943. The molecule has 0 bridgehead atoms. The van der Waals surface area contributed by atoms with Gasteiger partial charge in [-0.25, -0.2) is 14.8 Å². The van der Waals surface area contributed by atoms with E-state index in [4.69, 9.17) is 10.5 Å². The van der Waals surface area contributed by atoms with E-state index in [1.54, 1.807) is 11.1 Å². The van der Waals surface area contributed by atoms with Gasteiger partial charge in [0.2, 0.25) is 0 Å². The summed E-state index contributed by atoms with van der Waals surface area (Å²) in [5, 5.41) is 0. The molecule has 1 fully saturated rings. The van der Waals surface area contributed by atoms with E-state index in [2.05, 4.69) is 25.9 Å². The quantitative estimate of drug-likeness (QED) is 0.706. The Hall–Kier alpha value is -2.61. The van der Waals surface area contributed by atoms with Crippen molar-refractivity contribution >= 4 is 33.4 Å². The number of rotatable bonds is 3. The number of anilines is 1. The third-order valence-electron chi connectivity index (χ3n) is 4.56. The Balaban J connectivity index is 1.57. The monoisotopic (exact) mass is 415 g/mol. The molecule has 4 rings (SSSR count). The molecule has 2 N–H and O–H groups in total. The average Bonchev–Trinajstić information content (AvgIpc) is 3.26. The van der Waals surface area contributed by atoms with Crippen molar-refractivity contribution in [1.82, 2.24) is 19.3 Å². The molecule has 1 aliphatic heterocycles. The van der Waals surface area contributed by atoms with E-state index in [-0.39, 0.29) is 18.7 Å². The molecule has 1 amide bonds. The first-order valence-corrected chi connectivity index (χ1v) is 9.19. The number of benzene rings is 1. The number of nitrogen functional groups attached to an aromatic ring is 1. The van der Waals surface area contributed by atoms with Crippen LogP contribution in [-0.2, 0) is 11.3 Å². The molecule has 3 aromatic rings. The Morgan fingerprint density at radius 2 is 2.15 bits per heavy atom. The van der Waals surface area contributed by atoms with Crippen molar-refractivity contribution in [2.45, 2.75) is 25.5 Å². The maximum Gasteiger partial charge on any atom is 0.410 e. The smallest absolute Gasteiger partial charge is 0.410 e. The molecule has 1 aromatic carbocycles. The van der Waals surface area contributed by atoms with E-state index in [1.807, 2.05) is 40.9 Å². The Morgan fingerprint density at radius 3 is 2.96 bits per heavy atom. The van der Waals surface area contributed by atoms with Gasteiger partial charge in [-0.2, -0.15) is 0 Å². The van der Waals surface area contributed by atoms with E-state index in [0.29, 0.717) is 22.5 Å². The van der Waals surface area contributed by atoms with Gasteiger partial charge in [-0.05, 0) is 34.3 Å². The highest BCUT2D eigenvalue weighted by Gasteiger charge is 2.34. The number of hydrogen-bond acceptors (Lipinski definition) is 5. The third kappa shape index (κ3) is 3.01. The number of amides is 1. The summed E-state index contributed by atoms with van der Waals surface area (Å²) in [6.45, 7) is 0.900. The minimum atomic E-state index is -0.328. The van der Waals surface area contributed by atoms with E-state index in [9.17, 15) is 4.79 Å². The zero-order valence-corrected chi connectivity index (χ0v) is 15.6. The SMILES string of the molecule is Nc1nccn2c([C@H]3CCCN3C(=O)OCc3ccccc3)nc(Br)c12. The zero-order valence-electron chi connectivity index (χ0n) is 14.0. The number of carbonyl (C=O) groups excluding carboxylic acids is 1. The molecular weight excluding hydrogens is 398 g/mol. The fourth-order valence-electron chi connectivity index (χ4n) is 3.33. The lowest BCUT2D eigenvalue weighted by Gasteiger charge is -2.23. The van der Waals surface area contributed by atoms with Crippen LogP contribution in [0, 0.1) is 0 Å². The number of nitrogens with zero attached hydrogens (tertiary/aromatic N) is 4. The van der Waals surface area contributed by atoms with Crippen molar-refractivity contribution in [2.24, 2.45) is 0 Å². The molecule has 8 heteroatoms. The molecule has 0 unspecified atom stereocenters. The van der Waals surface area contributed by atoms with Crippen LogP contribution < -0.4 is 5.73 Å². The molecule has 0 spiro atoms. The van der Waals surface area contributed by atoms with Crippen LogP contribution in [0.4, 0.5) is 10.6 Å². The summed E-state index contributed by atoms with van der Waals surface area (Å²) >= 11 is 3.45. The molecule has 26 heavy (non-hydrogen) atoms. The second kappa shape index (κ2) is 6.95. The minimum Gasteiger partial charge on any atom is -0.445 e. The zero-order chi connectivity index (χ0) is 18.1. The molecule has 7 nitrogen and oxygen atoms in total. The lowest BCUT2D eigenvalue weighted by molar-refractivity contribution is 0.0908. The molecule has 1 atom stereocenters. The van der Waals surface area contributed by atoms with Crippen LogP contribution in [0.2, 0.25) is 0 Å². The van der Waals surface area contributed by atoms with Gasteiger partial charge in [-0.3, -0.25) is 9.30 Å². The summed E-state index contributed by atoms with van der Waals surface area (Å²) in [6.07, 6.45) is 4.84. The normalized spacial score (nSPS) is 17.0. The first-order valence-electron chi connectivity index (χ1n) is 8.40. The summed E-state index contributed by atoms with van der Waals surface area (Å²) in [7, 11) is 0. The second-order valence-corrected chi connectivity index (χ2v) is 6.93. The topological polar surface area (TPSA) is 85.8 Å². The van der Waals surface area contributed by atoms with Crippen molar-refractivity contribution < 1.29 is 9.53 Å².